The van der Waals surface area contributed by atoms with Gasteiger partial charge in [0.05, 0.1) is 0 Å². The summed E-state index contributed by atoms with van der Waals surface area (Å²) in [4.78, 5) is 0. The van der Waals surface area contributed by atoms with Crippen molar-refractivity contribution in [3.8, 4) is 11.1 Å². The molecule has 2 rings (SSSR count). The predicted octanol–water partition coefficient (Wildman–Crippen LogP) is 4.58. The van der Waals surface area contributed by atoms with Gasteiger partial charge in [0.2, 0.25) is 0 Å². The molecule has 0 N–H and O–H groups in total. The standard InChI is InChI=1S/C15H14F2/c1-2-5-11-6-3-4-7-13(11)12-8-9-14(16)15(17)10-12/h3-4,6-10H,2,5H2,1H3. The highest BCUT2D eigenvalue weighted by atomic mass is 19.2. The molecule has 0 radical (unpaired) electrons. The molecule has 0 aliphatic heterocycles. The summed E-state index contributed by atoms with van der Waals surface area (Å²) in [6.45, 7) is 2.10. The van der Waals surface area contributed by atoms with Gasteiger partial charge in [-0.3, -0.25) is 0 Å². The van der Waals surface area contributed by atoms with Crippen LogP contribution in [0.1, 0.15) is 18.9 Å². The fourth-order valence-corrected chi connectivity index (χ4v) is 1.95. The van der Waals surface area contributed by atoms with Crippen LogP contribution in [0, 0.1) is 11.6 Å². The molecule has 0 amide bonds. The highest BCUT2D eigenvalue weighted by Crippen LogP contribution is 2.26. The van der Waals surface area contributed by atoms with E-state index in [1.807, 2.05) is 24.3 Å². The Bertz CT molecular complexity index is 518. The van der Waals surface area contributed by atoms with Crippen LogP contribution < -0.4 is 0 Å². The zero-order valence-corrected chi connectivity index (χ0v) is 9.71. The zero-order valence-electron chi connectivity index (χ0n) is 9.71. The first-order valence-corrected chi connectivity index (χ1v) is 5.75. The third-order valence-electron chi connectivity index (χ3n) is 2.77. The number of halogens is 2. The van der Waals surface area contributed by atoms with E-state index in [0.29, 0.717) is 0 Å². The molecular formula is C15H14F2. The summed E-state index contributed by atoms with van der Waals surface area (Å²) in [5.41, 5.74) is 2.88. The van der Waals surface area contributed by atoms with Crippen molar-refractivity contribution in [1.82, 2.24) is 0 Å². The van der Waals surface area contributed by atoms with Gasteiger partial charge in [-0.15, -0.1) is 0 Å². The van der Waals surface area contributed by atoms with Crippen molar-refractivity contribution in [3.63, 3.8) is 0 Å². The molecule has 88 valence electrons. The average Bonchev–Trinajstić information content (AvgIpc) is 2.34. The normalized spacial score (nSPS) is 10.5. The first-order valence-electron chi connectivity index (χ1n) is 5.75. The van der Waals surface area contributed by atoms with Crippen LogP contribution in [-0.2, 0) is 6.42 Å². The minimum atomic E-state index is -0.804. The van der Waals surface area contributed by atoms with Gasteiger partial charge in [0, 0.05) is 0 Å². The van der Waals surface area contributed by atoms with Crippen LogP contribution in [0.2, 0.25) is 0 Å². The summed E-state index contributed by atoms with van der Waals surface area (Å²) in [7, 11) is 0. The molecule has 0 bridgehead atoms. The van der Waals surface area contributed by atoms with Gasteiger partial charge in [-0.25, -0.2) is 8.78 Å². The highest BCUT2D eigenvalue weighted by Gasteiger charge is 2.07. The number of hydrogen-bond acceptors (Lipinski definition) is 0. The van der Waals surface area contributed by atoms with E-state index in [1.54, 1.807) is 6.07 Å². The average molecular weight is 232 g/mol. The molecule has 0 unspecified atom stereocenters. The van der Waals surface area contributed by atoms with Crippen molar-refractivity contribution in [2.45, 2.75) is 19.8 Å². The molecule has 2 aromatic rings. The van der Waals surface area contributed by atoms with E-state index in [2.05, 4.69) is 6.92 Å². The van der Waals surface area contributed by atoms with Gasteiger partial charge in [0.25, 0.3) is 0 Å². The smallest absolute Gasteiger partial charge is 0.159 e. The fraction of sp³-hybridized carbons (Fsp3) is 0.200. The third-order valence-corrected chi connectivity index (χ3v) is 2.77. The van der Waals surface area contributed by atoms with E-state index in [1.165, 1.54) is 17.7 Å². The lowest BCUT2D eigenvalue weighted by Crippen LogP contribution is -1.91. The zero-order chi connectivity index (χ0) is 12.3. The van der Waals surface area contributed by atoms with E-state index in [4.69, 9.17) is 0 Å². The van der Waals surface area contributed by atoms with Gasteiger partial charge in [0.1, 0.15) is 0 Å². The minimum Gasteiger partial charge on any atom is -0.204 e. The summed E-state index contributed by atoms with van der Waals surface area (Å²) < 4.78 is 26.1. The second-order valence-corrected chi connectivity index (χ2v) is 4.04. The second kappa shape index (κ2) is 5.09. The van der Waals surface area contributed by atoms with E-state index in [-0.39, 0.29) is 0 Å². The molecule has 0 aliphatic rings. The second-order valence-electron chi connectivity index (χ2n) is 4.04. The minimum absolute atomic E-state index is 0.730. The highest BCUT2D eigenvalue weighted by molar-refractivity contribution is 5.67. The monoisotopic (exact) mass is 232 g/mol. The van der Waals surface area contributed by atoms with Gasteiger partial charge in [0.15, 0.2) is 11.6 Å². The Balaban J connectivity index is 2.48. The van der Waals surface area contributed by atoms with E-state index in [9.17, 15) is 8.78 Å². The molecule has 0 spiro atoms. The summed E-state index contributed by atoms with van der Waals surface area (Å²) in [5, 5.41) is 0. The number of rotatable bonds is 3. The van der Waals surface area contributed by atoms with E-state index >= 15 is 0 Å². The van der Waals surface area contributed by atoms with Crippen LogP contribution in [0.15, 0.2) is 42.5 Å². The van der Waals surface area contributed by atoms with Crippen LogP contribution in [0.25, 0.3) is 11.1 Å². The summed E-state index contributed by atoms with van der Waals surface area (Å²) >= 11 is 0. The number of benzene rings is 2. The summed E-state index contributed by atoms with van der Waals surface area (Å²) in [6.07, 6.45) is 1.97. The predicted molar refractivity (Wildman–Crippen MR) is 65.8 cm³/mol. The Morgan fingerprint density at radius 2 is 1.71 bits per heavy atom. The van der Waals surface area contributed by atoms with Crippen molar-refractivity contribution in [3.05, 3.63) is 59.7 Å². The molecule has 0 heterocycles. The Hall–Kier alpha value is -1.70. The van der Waals surface area contributed by atoms with E-state index in [0.717, 1.165) is 24.0 Å². The Labute approximate surface area is 99.9 Å². The topological polar surface area (TPSA) is 0 Å². The molecule has 0 aliphatic carbocycles. The van der Waals surface area contributed by atoms with Crippen molar-refractivity contribution < 1.29 is 8.78 Å². The first-order chi connectivity index (χ1) is 8.22. The maximum atomic E-state index is 13.2. The lowest BCUT2D eigenvalue weighted by atomic mass is 9.97. The number of hydrogen-bond donors (Lipinski definition) is 0. The van der Waals surface area contributed by atoms with Crippen LogP contribution in [0.3, 0.4) is 0 Å². The lowest BCUT2D eigenvalue weighted by Gasteiger charge is -2.09. The van der Waals surface area contributed by atoms with Crippen LogP contribution >= 0.6 is 0 Å². The van der Waals surface area contributed by atoms with Gasteiger partial charge >= 0.3 is 0 Å². The molecular weight excluding hydrogens is 218 g/mol. The lowest BCUT2D eigenvalue weighted by molar-refractivity contribution is 0.509. The van der Waals surface area contributed by atoms with Crippen LogP contribution in [0.4, 0.5) is 8.78 Å². The molecule has 0 saturated carbocycles. The maximum Gasteiger partial charge on any atom is 0.159 e. The van der Waals surface area contributed by atoms with Gasteiger partial charge in [-0.05, 0) is 35.2 Å². The van der Waals surface area contributed by atoms with Gasteiger partial charge < -0.3 is 0 Å². The molecule has 0 nitrogen and oxygen atoms in total. The molecule has 0 aromatic heterocycles. The number of aryl methyl sites for hydroxylation is 1. The Morgan fingerprint density at radius 1 is 0.941 bits per heavy atom. The SMILES string of the molecule is CCCc1ccccc1-c1ccc(F)c(F)c1. The molecule has 0 fully saturated rings. The quantitative estimate of drug-likeness (QED) is 0.726. The third kappa shape index (κ3) is 2.52. The summed E-state index contributed by atoms with van der Waals surface area (Å²) in [5.74, 6) is -1.60. The van der Waals surface area contributed by atoms with Crippen LogP contribution in [-0.4, -0.2) is 0 Å². The van der Waals surface area contributed by atoms with E-state index < -0.39 is 11.6 Å². The van der Waals surface area contributed by atoms with Gasteiger partial charge in [-0.2, -0.15) is 0 Å². The molecule has 2 aromatic carbocycles. The largest absolute Gasteiger partial charge is 0.204 e. The first kappa shape index (κ1) is 11.8. The maximum absolute atomic E-state index is 13.2. The Morgan fingerprint density at radius 3 is 2.41 bits per heavy atom. The van der Waals surface area contributed by atoms with Crippen molar-refractivity contribution >= 4 is 0 Å². The molecule has 2 heteroatoms. The van der Waals surface area contributed by atoms with Crippen molar-refractivity contribution in [1.29, 1.82) is 0 Å². The van der Waals surface area contributed by atoms with Crippen molar-refractivity contribution in [2.75, 3.05) is 0 Å². The molecule has 0 saturated heterocycles. The Kier molecular flexibility index (Phi) is 3.52. The molecule has 0 atom stereocenters. The van der Waals surface area contributed by atoms with Gasteiger partial charge in [-0.1, -0.05) is 43.7 Å². The summed E-state index contributed by atoms with van der Waals surface area (Å²) in [6, 6.07) is 11.9. The fourth-order valence-electron chi connectivity index (χ4n) is 1.95. The van der Waals surface area contributed by atoms with Crippen LogP contribution in [0.5, 0.6) is 0 Å². The van der Waals surface area contributed by atoms with Crippen molar-refractivity contribution in [2.24, 2.45) is 0 Å². The molecule has 17 heavy (non-hydrogen) atoms.